The number of phenols is 1. The Morgan fingerprint density at radius 1 is 1.27 bits per heavy atom. The smallest absolute Gasteiger partial charge is 0.271 e. The third-order valence-electron chi connectivity index (χ3n) is 5.39. The molecule has 5 nitrogen and oxygen atoms in total. The van der Waals surface area contributed by atoms with Gasteiger partial charge in [0.25, 0.3) is 5.91 Å². The number of benzene rings is 2. The van der Waals surface area contributed by atoms with Crippen molar-refractivity contribution < 1.29 is 9.90 Å². The van der Waals surface area contributed by atoms with Crippen molar-refractivity contribution in [3.05, 3.63) is 62.2 Å². The van der Waals surface area contributed by atoms with Gasteiger partial charge < -0.3 is 10.0 Å². The Bertz CT molecular complexity index is 1040. The third-order valence-corrected chi connectivity index (χ3v) is 6.30. The van der Waals surface area contributed by atoms with Crippen LogP contribution in [0.25, 0.3) is 5.57 Å². The lowest BCUT2D eigenvalue weighted by Crippen LogP contribution is -2.45. The second-order valence-corrected chi connectivity index (χ2v) is 9.39. The van der Waals surface area contributed by atoms with E-state index in [9.17, 15) is 9.90 Å². The van der Waals surface area contributed by atoms with Gasteiger partial charge in [0.2, 0.25) is 0 Å². The maximum absolute atomic E-state index is 12.3. The van der Waals surface area contributed by atoms with Gasteiger partial charge in [0.05, 0.1) is 15.3 Å². The van der Waals surface area contributed by atoms with Gasteiger partial charge in [0, 0.05) is 23.4 Å². The second kappa shape index (κ2) is 8.79. The number of aromatic hydroxyl groups is 1. The summed E-state index contributed by atoms with van der Waals surface area (Å²) in [5, 5.41) is 13.9. The van der Waals surface area contributed by atoms with Gasteiger partial charge in [0.1, 0.15) is 5.75 Å². The van der Waals surface area contributed by atoms with Crippen molar-refractivity contribution in [2.45, 2.75) is 46.6 Å². The number of hydrogen-bond acceptors (Lipinski definition) is 4. The number of phenolic OH excluding ortho intramolecular Hbond substituents is 1. The zero-order valence-corrected chi connectivity index (χ0v) is 20.2. The molecule has 2 N–H and O–H groups in total. The van der Waals surface area contributed by atoms with Crippen LogP contribution in [-0.2, 0) is 0 Å². The molecule has 1 aliphatic rings. The van der Waals surface area contributed by atoms with E-state index in [4.69, 9.17) is 0 Å². The van der Waals surface area contributed by atoms with Gasteiger partial charge in [-0.2, -0.15) is 5.10 Å². The van der Waals surface area contributed by atoms with E-state index in [-0.39, 0.29) is 17.2 Å². The molecule has 1 heterocycles. The fourth-order valence-corrected chi connectivity index (χ4v) is 4.23. The summed E-state index contributed by atoms with van der Waals surface area (Å²) in [7, 11) is 0. The molecule has 2 aromatic rings. The number of allylic oxidation sites excluding steroid dienone is 1. The first-order valence-corrected chi connectivity index (χ1v) is 11.2. The molecule has 0 unspecified atom stereocenters. The average Bonchev–Trinajstić information content (AvgIpc) is 2.67. The summed E-state index contributed by atoms with van der Waals surface area (Å²) in [6.45, 7) is 11.9. The van der Waals surface area contributed by atoms with Crippen LogP contribution in [0.3, 0.4) is 0 Å². The maximum atomic E-state index is 12.3. The molecule has 0 aliphatic carbocycles. The minimum atomic E-state index is -0.361. The Morgan fingerprint density at radius 3 is 2.67 bits per heavy atom. The first kappa shape index (κ1) is 22.3. The molecule has 30 heavy (non-hydrogen) atoms. The topological polar surface area (TPSA) is 64.9 Å². The predicted molar refractivity (Wildman–Crippen MR) is 132 cm³/mol. The SMILES string of the molecule is CCCN1c2cc(C)c(/C=N\NC(=O)c3ccc(I)c(O)c3)cc2C(C)=CC1(C)C. The van der Waals surface area contributed by atoms with Crippen LogP contribution in [0.1, 0.15) is 61.2 Å². The van der Waals surface area contributed by atoms with Crippen LogP contribution in [0.2, 0.25) is 0 Å². The van der Waals surface area contributed by atoms with Gasteiger partial charge in [-0.05, 0) is 104 Å². The molecule has 1 aliphatic heterocycles. The number of fused-ring (bicyclic) bond motifs is 1. The van der Waals surface area contributed by atoms with E-state index in [1.54, 1.807) is 18.3 Å². The molecule has 0 radical (unpaired) electrons. The molecule has 0 atom stereocenters. The van der Waals surface area contributed by atoms with E-state index in [0.29, 0.717) is 9.13 Å². The van der Waals surface area contributed by atoms with Gasteiger partial charge in [-0.1, -0.05) is 13.0 Å². The molecule has 0 saturated heterocycles. The number of halogens is 1. The van der Waals surface area contributed by atoms with Crippen LogP contribution >= 0.6 is 22.6 Å². The highest BCUT2D eigenvalue weighted by molar-refractivity contribution is 14.1. The molecule has 0 spiro atoms. The van der Waals surface area contributed by atoms with Gasteiger partial charge in [-0.3, -0.25) is 4.79 Å². The number of carbonyl (C=O) groups excluding carboxylic acids is 1. The monoisotopic (exact) mass is 517 g/mol. The summed E-state index contributed by atoms with van der Waals surface area (Å²) in [6.07, 6.45) is 5.07. The lowest BCUT2D eigenvalue weighted by Gasteiger charge is -2.43. The van der Waals surface area contributed by atoms with E-state index in [1.165, 1.54) is 22.9 Å². The first-order valence-electron chi connectivity index (χ1n) is 10.1. The Kier molecular flexibility index (Phi) is 6.55. The Hall–Kier alpha value is -2.35. The van der Waals surface area contributed by atoms with Crippen molar-refractivity contribution in [1.82, 2.24) is 5.43 Å². The Labute approximate surface area is 192 Å². The molecule has 158 valence electrons. The summed E-state index contributed by atoms with van der Waals surface area (Å²) in [4.78, 5) is 14.8. The zero-order valence-electron chi connectivity index (χ0n) is 18.1. The highest BCUT2D eigenvalue weighted by atomic mass is 127. The number of hydrazone groups is 1. The van der Waals surface area contributed by atoms with Crippen molar-refractivity contribution in [2.24, 2.45) is 5.10 Å². The number of hydrogen-bond donors (Lipinski definition) is 2. The Morgan fingerprint density at radius 2 is 2.00 bits per heavy atom. The normalized spacial score (nSPS) is 15.1. The van der Waals surface area contributed by atoms with Crippen molar-refractivity contribution in [3.63, 3.8) is 0 Å². The number of nitrogens with one attached hydrogen (secondary N) is 1. The third kappa shape index (κ3) is 4.53. The van der Waals surface area contributed by atoms with E-state index < -0.39 is 0 Å². The minimum Gasteiger partial charge on any atom is -0.507 e. The summed E-state index contributed by atoms with van der Waals surface area (Å²) in [5.41, 5.74) is 8.64. The van der Waals surface area contributed by atoms with Gasteiger partial charge in [-0.15, -0.1) is 0 Å². The molecule has 6 heteroatoms. The number of anilines is 1. The summed E-state index contributed by atoms with van der Waals surface area (Å²) in [6, 6.07) is 9.15. The molecule has 2 aromatic carbocycles. The molecule has 0 saturated carbocycles. The van der Waals surface area contributed by atoms with Crippen LogP contribution in [0.15, 0.2) is 41.5 Å². The summed E-state index contributed by atoms with van der Waals surface area (Å²) < 4.78 is 0.695. The quantitative estimate of drug-likeness (QED) is 0.314. The van der Waals surface area contributed by atoms with E-state index in [1.807, 2.05) is 22.6 Å². The lowest BCUT2D eigenvalue weighted by atomic mass is 9.87. The number of nitrogens with zero attached hydrogens (tertiary/aromatic N) is 2. The molecule has 0 bridgehead atoms. The molecule has 0 fully saturated rings. The van der Waals surface area contributed by atoms with Gasteiger partial charge >= 0.3 is 0 Å². The van der Waals surface area contributed by atoms with Crippen LogP contribution in [0.4, 0.5) is 5.69 Å². The maximum Gasteiger partial charge on any atom is 0.271 e. The fourth-order valence-electron chi connectivity index (χ4n) is 3.89. The van der Waals surface area contributed by atoms with Crippen molar-refractivity contribution in [2.75, 3.05) is 11.4 Å². The lowest BCUT2D eigenvalue weighted by molar-refractivity contribution is 0.0954. The molecule has 1 amide bonds. The van der Waals surface area contributed by atoms with Gasteiger partial charge in [0.15, 0.2) is 0 Å². The second-order valence-electron chi connectivity index (χ2n) is 8.22. The van der Waals surface area contributed by atoms with Crippen LogP contribution in [-0.4, -0.2) is 29.3 Å². The number of rotatable bonds is 5. The summed E-state index contributed by atoms with van der Waals surface area (Å²) >= 11 is 2.01. The van der Waals surface area contributed by atoms with E-state index in [2.05, 4.69) is 68.3 Å². The fraction of sp³-hybridized carbons (Fsp3) is 0.333. The van der Waals surface area contributed by atoms with Crippen LogP contribution < -0.4 is 10.3 Å². The largest absolute Gasteiger partial charge is 0.507 e. The standard InChI is InChI=1S/C24H28IN3O2/c1-6-9-28-21-10-15(2)18(11-19(21)16(3)13-24(28,4)5)14-26-27-23(30)17-7-8-20(25)22(29)12-17/h7-8,10-14,29H,6,9H2,1-5H3,(H,27,30)/b26-14-. The van der Waals surface area contributed by atoms with E-state index >= 15 is 0 Å². The number of aryl methyl sites for hydroxylation is 1. The van der Waals surface area contributed by atoms with Crippen LogP contribution in [0.5, 0.6) is 5.75 Å². The van der Waals surface area contributed by atoms with Crippen molar-refractivity contribution in [1.29, 1.82) is 0 Å². The predicted octanol–water partition coefficient (Wildman–Crippen LogP) is 5.48. The zero-order chi connectivity index (χ0) is 22.1. The number of amides is 1. The Balaban J connectivity index is 1.85. The van der Waals surface area contributed by atoms with E-state index in [0.717, 1.165) is 24.1 Å². The average molecular weight is 517 g/mol. The van der Waals surface area contributed by atoms with Crippen molar-refractivity contribution >= 4 is 46.0 Å². The van der Waals surface area contributed by atoms with Crippen LogP contribution in [0, 0.1) is 10.5 Å². The number of carbonyl (C=O) groups is 1. The summed E-state index contributed by atoms with van der Waals surface area (Å²) in [5.74, 6) is -0.278. The molecular formula is C24H28IN3O2. The van der Waals surface area contributed by atoms with Crippen molar-refractivity contribution in [3.8, 4) is 5.75 Å². The first-order chi connectivity index (χ1) is 14.1. The highest BCUT2D eigenvalue weighted by Gasteiger charge is 2.31. The molecule has 3 rings (SSSR count). The highest BCUT2D eigenvalue weighted by Crippen LogP contribution is 2.40. The molecule has 0 aromatic heterocycles. The minimum absolute atomic E-state index is 0.0256. The van der Waals surface area contributed by atoms with Gasteiger partial charge in [-0.25, -0.2) is 5.43 Å². The molecular weight excluding hydrogens is 489 g/mol.